The molecule has 1 amide bonds. The maximum Gasteiger partial charge on any atom is 0.236 e. The van der Waals surface area contributed by atoms with Crippen molar-refractivity contribution in [3.8, 4) is 0 Å². The van der Waals surface area contributed by atoms with Crippen LogP contribution in [0.4, 0.5) is 0 Å². The summed E-state index contributed by atoms with van der Waals surface area (Å²) >= 11 is 0. The van der Waals surface area contributed by atoms with Crippen LogP contribution in [-0.4, -0.2) is 31.7 Å². The quantitative estimate of drug-likeness (QED) is 0.807. The number of nitrogens with one attached hydrogen (secondary N) is 1. The Kier molecular flexibility index (Phi) is 5.36. The number of hydrogen-bond acceptors (Lipinski definition) is 3. The van der Waals surface area contributed by atoms with Gasteiger partial charge in [-0.15, -0.1) is 0 Å². The Morgan fingerprint density at radius 1 is 1.42 bits per heavy atom. The highest BCUT2D eigenvalue weighted by Gasteiger charge is 2.18. The average Bonchev–Trinajstić information content (AvgIpc) is 2.96. The van der Waals surface area contributed by atoms with Crippen molar-refractivity contribution in [3.63, 3.8) is 0 Å². The third-order valence-corrected chi connectivity index (χ3v) is 3.51. The molecule has 2 atom stereocenters. The molecule has 0 radical (unpaired) electrons. The number of benzene rings is 1. The van der Waals surface area contributed by atoms with Crippen molar-refractivity contribution in [1.29, 1.82) is 0 Å². The van der Waals surface area contributed by atoms with E-state index in [1.165, 1.54) is 5.56 Å². The van der Waals surface area contributed by atoms with Gasteiger partial charge < -0.3 is 15.8 Å². The molecule has 0 aromatic heterocycles. The zero-order valence-corrected chi connectivity index (χ0v) is 11.2. The first-order chi connectivity index (χ1) is 9.25. The Morgan fingerprint density at radius 3 is 2.89 bits per heavy atom. The number of hydrogen-bond donors (Lipinski definition) is 2. The van der Waals surface area contributed by atoms with E-state index >= 15 is 0 Å². The van der Waals surface area contributed by atoms with Crippen LogP contribution < -0.4 is 11.1 Å². The third kappa shape index (κ3) is 4.65. The second-order valence-corrected chi connectivity index (χ2v) is 5.11. The number of ether oxygens (including phenoxy) is 1. The van der Waals surface area contributed by atoms with Crippen LogP contribution in [0.15, 0.2) is 30.3 Å². The van der Waals surface area contributed by atoms with Crippen LogP contribution >= 0.6 is 0 Å². The van der Waals surface area contributed by atoms with Crippen molar-refractivity contribution in [3.05, 3.63) is 35.9 Å². The lowest BCUT2D eigenvalue weighted by molar-refractivity contribution is -0.122. The number of rotatable bonds is 6. The molecule has 104 valence electrons. The third-order valence-electron chi connectivity index (χ3n) is 3.51. The largest absolute Gasteiger partial charge is 0.381 e. The molecule has 0 spiro atoms. The summed E-state index contributed by atoms with van der Waals surface area (Å²) in [5.41, 5.74) is 7.12. The van der Waals surface area contributed by atoms with Gasteiger partial charge in [0.15, 0.2) is 0 Å². The Bertz CT molecular complexity index is 388. The van der Waals surface area contributed by atoms with Gasteiger partial charge in [0.25, 0.3) is 0 Å². The first kappa shape index (κ1) is 14.0. The molecular weight excluding hydrogens is 240 g/mol. The standard InChI is InChI=1S/C15H22N2O2/c16-14(7-6-12-4-2-1-3-5-12)15(18)17-10-13-8-9-19-11-13/h1-5,13-14H,6-11,16H2,(H,17,18)/t13?,14-/m0/s1. The number of carbonyl (C=O) groups excluding carboxylic acids is 1. The molecule has 1 aromatic carbocycles. The summed E-state index contributed by atoms with van der Waals surface area (Å²) < 4.78 is 5.27. The van der Waals surface area contributed by atoms with Crippen molar-refractivity contribution >= 4 is 5.91 Å². The van der Waals surface area contributed by atoms with Gasteiger partial charge in [-0.1, -0.05) is 30.3 Å². The summed E-state index contributed by atoms with van der Waals surface area (Å²) in [4.78, 5) is 11.8. The molecule has 0 aliphatic carbocycles. The fraction of sp³-hybridized carbons (Fsp3) is 0.533. The van der Waals surface area contributed by atoms with E-state index in [1.54, 1.807) is 0 Å². The van der Waals surface area contributed by atoms with E-state index in [2.05, 4.69) is 17.4 Å². The monoisotopic (exact) mass is 262 g/mol. The van der Waals surface area contributed by atoms with Crippen LogP contribution in [0.25, 0.3) is 0 Å². The van der Waals surface area contributed by atoms with Crippen LogP contribution in [0.3, 0.4) is 0 Å². The molecule has 0 bridgehead atoms. The van der Waals surface area contributed by atoms with Gasteiger partial charge in [0.2, 0.25) is 5.91 Å². The van der Waals surface area contributed by atoms with E-state index in [-0.39, 0.29) is 5.91 Å². The van der Waals surface area contributed by atoms with Gasteiger partial charge in [-0.3, -0.25) is 4.79 Å². The maximum atomic E-state index is 11.8. The minimum Gasteiger partial charge on any atom is -0.381 e. The molecule has 2 rings (SSSR count). The molecule has 1 aliphatic rings. The maximum absolute atomic E-state index is 11.8. The van der Waals surface area contributed by atoms with Gasteiger partial charge in [-0.25, -0.2) is 0 Å². The summed E-state index contributed by atoms with van der Waals surface area (Å²) in [7, 11) is 0. The first-order valence-electron chi connectivity index (χ1n) is 6.90. The van der Waals surface area contributed by atoms with Gasteiger partial charge in [0.05, 0.1) is 12.6 Å². The van der Waals surface area contributed by atoms with E-state index in [0.29, 0.717) is 18.9 Å². The molecule has 19 heavy (non-hydrogen) atoms. The van der Waals surface area contributed by atoms with E-state index in [0.717, 1.165) is 26.1 Å². The fourth-order valence-electron chi connectivity index (χ4n) is 2.22. The summed E-state index contributed by atoms with van der Waals surface area (Å²) in [6, 6.07) is 9.67. The lowest BCUT2D eigenvalue weighted by atomic mass is 10.0. The SMILES string of the molecule is N[C@@H](CCc1ccccc1)C(=O)NCC1CCOC1. The zero-order valence-electron chi connectivity index (χ0n) is 11.2. The van der Waals surface area contributed by atoms with Crippen molar-refractivity contribution < 1.29 is 9.53 Å². The highest BCUT2D eigenvalue weighted by Crippen LogP contribution is 2.10. The summed E-state index contributed by atoms with van der Waals surface area (Å²) in [6.45, 7) is 2.23. The van der Waals surface area contributed by atoms with Crippen LogP contribution in [0.5, 0.6) is 0 Å². The van der Waals surface area contributed by atoms with Gasteiger partial charge in [-0.05, 0) is 24.8 Å². The highest BCUT2D eigenvalue weighted by atomic mass is 16.5. The molecular formula is C15H22N2O2. The molecule has 1 aliphatic heterocycles. The van der Waals surface area contributed by atoms with Crippen molar-refractivity contribution in [2.45, 2.75) is 25.3 Å². The normalized spacial score (nSPS) is 20.2. The van der Waals surface area contributed by atoms with E-state index < -0.39 is 6.04 Å². The predicted molar refractivity (Wildman–Crippen MR) is 74.7 cm³/mol. The molecule has 4 nitrogen and oxygen atoms in total. The van der Waals surface area contributed by atoms with Gasteiger partial charge in [0.1, 0.15) is 0 Å². The topological polar surface area (TPSA) is 64.4 Å². The number of carbonyl (C=O) groups is 1. The van der Waals surface area contributed by atoms with Gasteiger partial charge in [0, 0.05) is 19.1 Å². The van der Waals surface area contributed by atoms with Crippen molar-refractivity contribution in [1.82, 2.24) is 5.32 Å². The Balaban J connectivity index is 1.67. The van der Waals surface area contributed by atoms with Crippen molar-refractivity contribution in [2.24, 2.45) is 11.7 Å². The van der Waals surface area contributed by atoms with Crippen LogP contribution in [0.2, 0.25) is 0 Å². The summed E-state index contributed by atoms with van der Waals surface area (Å²) in [5, 5.41) is 2.92. The predicted octanol–water partition coefficient (Wildman–Crippen LogP) is 1.10. The molecule has 0 saturated carbocycles. The first-order valence-corrected chi connectivity index (χ1v) is 6.90. The lowest BCUT2D eigenvalue weighted by Crippen LogP contribution is -2.42. The number of aryl methyl sites for hydroxylation is 1. The Hall–Kier alpha value is -1.39. The Morgan fingerprint density at radius 2 is 2.21 bits per heavy atom. The Labute approximate surface area is 114 Å². The van der Waals surface area contributed by atoms with E-state index in [1.807, 2.05) is 18.2 Å². The number of amides is 1. The highest BCUT2D eigenvalue weighted by molar-refractivity contribution is 5.81. The fourth-order valence-corrected chi connectivity index (χ4v) is 2.22. The lowest BCUT2D eigenvalue weighted by Gasteiger charge is -2.14. The molecule has 3 N–H and O–H groups in total. The minimum atomic E-state index is -0.428. The second-order valence-electron chi connectivity index (χ2n) is 5.11. The number of nitrogens with two attached hydrogens (primary N) is 1. The molecule has 4 heteroatoms. The van der Waals surface area contributed by atoms with E-state index in [4.69, 9.17) is 10.5 Å². The summed E-state index contributed by atoms with van der Waals surface area (Å²) in [6.07, 6.45) is 2.54. The van der Waals surface area contributed by atoms with Gasteiger partial charge >= 0.3 is 0 Å². The molecule has 1 aromatic rings. The van der Waals surface area contributed by atoms with Gasteiger partial charge in [-0.2, -0.15) is 0 Å². The molecule has 1 heterocycles. The molecule has 1 fully saturated rings. The molecule has 1 saturated heterocycles. The average molecular weight is 262 g/mol. The van der Waals surface area contributed by atoms with Crippen LogP contribution in [-0.2, 0) is 16.0 Å². The zero-order chi connectivity index (χ0) is 13.5. The van der Waals surface area contributed by atoms with Crippen molar-refractivity contribution in [2.75, 3.05) is 19.8 Å². The van der Waals surface area contributed by atoms with E-state index in [9.17, 15) is 4.79 Å². The molecule has 1 unspecified atom stereocenters. The van der Waals surface area contributed by atoms with Crippen LogP contribution in [0, 0.1) is 5.92 Å². The second kappa shape index (κ2) is 7.26. The van der Waals surface area contributed by atoms with Crippen LogP contribution in [0.1, 0.15) is 18.4 Å². The summed E-state index contributed by atoms with van der Waals surface area (Å²) in [5.74, 6) is 0.396. The minimum absolute atomic E-state index is 0.0529. The smallest absolute Gasteiger partial charge is 0.236 e.